The molecular formula is C21H30BrN3O2. The van der Waals surface area contributed by atoms with Gasteiger partial charge in [0, 0.05) is 35.6 Å². The smallest absolute Gasteiger partial charge is 0.224 e. The number of benzene rings is 1. The molecule has 1 amide bonds. The maximum absolute atomic E-state index is 12.6. The molecule has 5 nitrogen and oxygen atoms in total. The average Bonchev–Trinajstić information content (AvgIpc) is 2.84. The minimum absolute atomic E-state index is 0.0634. The van der Waals surface area contributed by atoms with E-state index in [4.69, 9.17) is 5.73 Å². The van der Waals surface area contributed by atoms with Gasteiger partial charge in [-0.1, -0.05) is 60.5 Å². The third-order valence-corrected chi connectivity index (χ3v) is 6.22. The standard InChI is InChI=1S/C21H30BrN3O2/c22-17-8-5-9-19-21(17)18(14-25(19)13-16(26)12-23)24-20(27)11-10-15-6-3-1-2-4-7-15/h5,8-9,14-16,26H,1-4,6-7,10-13,23H2,(H,24,27). The molecule has 1 heterocycles. The maximum atomic E-state index is 12.6. The lowest BCUT2D eigenvalue weighted by atomic mass is 9.95. The van der Waals surface area contributed by atoms with Gasteiger partial charge in [-0.15, -0.1) is 0 Å². The summed E-state index contributed by atoms with van der Waals surface area (Å²) in [5.41, 5.74) is 7.31. The molecule has 1 fully saturated rings. The molecule has 4 N–H and O–H groups in total. The Morgan fingerprint density at radius 3 is 2.74 bits per heavy atom. The van der Waals surface area contributed by atoms with E-state index >= 15 is 0 Å². The van der Waals surface area contributed by atoms with Crippen LogP contribution in [0.5, 0.6) is 0 Å². The molecule has 6 heteroatoms. The van der Waals surface area contributed by atoms with Gasteiger partial charge in [0.25, 0.3) is 0 Å². The highest BCUT2D eigenvalue weighted by molar-refractivity contribution is 9.10. The predicted octanol–water partition coefficient (Wildman–Crippen LogP) is 4.41. The number of halogens is 1. The molecule has 0 aliphatic heterocycles. The van der Waals surface area contributed by atoms with Gasteiger partial charge in [-0.25, -0.2) is 0 Å². The fraction of sp³-hybridized carbons (Fsp3) is 0.571. The number of anilines is 1. The van der Waals surface area contributed by atoms with Crippen LogP contribution in [0.15, 0.2) is 28.9 Å². The van der Waals surface area contributed by atoms with Crippen molar-refractivity contribution >= 4 is 38.4 Å². The summed E-state index contributed by atoms with van der Waals surface area (Å²) in [5.74, 6) is 0.749. The number of rotatable bonds is 7. The van der Waals surface area contributed by atoms with Crippen LogP contribution < -0.4 is 11.1 Å². The minimum Gasteiger partial charge on any atom is -0.390 e. The van der Waals surface area contributed by atoms with Crippen LogP contribution in [0.1, 0.15) is 51.4 Å². The van der Waals surface area contributed by atoms with Crippen molar-refractivity contribution in [3.8, 4) is 0 Å². The van der Waals surface area contributed by atoms with Gasteiger partial charge in [0.15, 0.2) is 0 Å². The first kappa shape index (κ1) is 20.4. The molecule has 27 heavy (non-hydrogen) atoms. The van der Waals surface area contributed by atoms with E-state index in [0.29, 0.717) is 18.9 Å². The lowest BCUT2D eigenvalue weighted by Crippen LogP contribution is -2.24. The fourth-order valence-corrected chi connectivity index (χ4v) is 4.63. The number of nitrogens with two attached hydrogens (primary N) is 1. The van der Waals surface area contributed by atoms with Gasteiger partial charge in [-0.3, -0.25) is 4.79 Å². The van der Waals surface area contributed by atoms with Gasteiger partial charge in [0.05, 0.1) is 17.3 Å². The van der Waals surface area contributed by atoms with Gasteiger partial charge in [0.2, 0.25) is 5.91 Å². The van der Waals surface area contributed by atoms with E-state index in [2.05, 4.69) is 21.2 Å². The lowest BCUT2D eigenvalue weighted by Gasteiger charge is -2.13. The number of hydrogen-bond donors (Lipinski definition) is 3. The third-order valence-electron chi connectivity index (χ3n) is 5.56. The molecule has 0 radical (unpaired) electrons. The van der Waals surface area contributed by atoms with Gasteiger partial charge in [-0.05, 0) is 24.5 Å². The Hall–Kier alpha value is -1.37. The maximum Gasteiger partial charge on any atom is 0.224 e. The lowest BCUT2D eigenvalue weighted by molar-refractivity contribution is -0.116. The van der Waals surface area contributed by atoms with Crippen LogP contribution in [0, 0.1) is 5.92 Å². The molecule has 1 aliphatic carbocycles. The van der Waals surface area contributed by atoms with Crippen molar-refractivity contribution in [3.05, 3.63) is 28.9 Å². The minimum atomic E-state index is -0.613. The summed E-state index contributed by atoms with van der Waals surface area (Å²) in [6, 6.07) is 5.91. The number of nitrogens with one attached hydrogen (secondary N) is 1. The zero-order valence-electron chi connectivity index (χ0n) is 15.8. The molecule has 0 spiro atoms. The second-order valence-corrected chi connectivity index (χ2v) is 8.52. The van der Waals surface area contributed by atoms with Gasteiger partial charge < -0.3 is 20.7 Å². The SMILES string of the molecule is NCC(O)Cn1cc(NC(=O)CCC2CCCCCC2)c2c(Br)cccc21. The normalized spacial score (nSPS) is 17.0. The largest absolute Gasteiger partial charge is 0.390 e. The molecule has 1 aromatic carbocycles. The molecule has 0 saturated heterocycles. The summed E-state index contributed by atoms with van der Waals surface area (Å²) < 4.78 is 2.89. The van der Waals surface area contributed by atoms with Crippen LogP contribution in [-0.2, 0) is 11.3 Å². The first-order valence-electron chi connectivity index (χ1n) is 10.0. The number of aliphatic hydroxyl groups excluding tert-OH is 1. The quantitative estimate of drug-likeness (QED) is 0.563. The highest BCUT2D eigenvalue weighted by Crippen LogP contribution is 2.33. The predicted molar refractivity (Wildman–Crippen MR) is 114 cm³/mol. The van der Waals surface area contributed by atoms with Crippen LogP contribution in [-0.4, -0.2) is 28.2 Å². The Kier molecular flexibility index (Phi) is 7.33. The highest BCUT2D eigenvalue weighted by atomic mass is 79.9. The molecule has 1 aliphatic rings. The van der Waals surface area contributed by atoms with Crippen molar-refractivity contribution in [2.75, 3.05) is 11.9 Å². The number of fused-ring (bicyclic) bond motifs is 1. The van der Waals surface area contributed by atoms with E-state index in [9.17, 15) is 9.90 Å². The van der Waals surface area contributed by atoms with E-state index in [1.165, 1.54) is 38.5 Å². The monoisotopic (exact) mass is 435 g/mol. The van der Waals surface area contributed by atoms with Crippen molar-refractivity contribution in [2.24, 2.45) is 11.7 Å². The second-order valence-electron chi connectivity index (χ2n) is 7.66. The molecule has 1 saturated carbocycles. The Morgan fingerprint density at radius 2 is 2.04 bits per heavy atom. The first-order chi connectivity index (χ1) is 13.1. The van der Waals surface area contributed by atoms with E-state index in [1.54, 1.807) is 0 Å². The Balaban J connectivity index is 1.70. The molecule has 0 bridgehead atoms. The summed E-state index contributed by atoms with van der Waals surface area (Å²) in [5, 5.41) is 14.0. The van der Waals surface area contributed by atoms with Crippen LogP contribution >= 0.6 is 15.9 Å². The topological polar surface area (TPSA) is 80.3 Å². The molecule has 1 unspecified atom stereocenters. The number of aromatic nitrogens is 1. The van der Waals surface area contributed by atoms with Crippen LogP contribution in [0.2, 0.25) is 0 Å². The Morgan fingerprint density at radius 1 is 1.30 bits per heavy atom. The van der Waals surface area contributed by atoms with E-state index in [-0.39, 0.29) is 12.5 Å². The van der Waals surface area contributed by atoms with E-state index in [1.807, 2.05) is 29.0 Å². The molecule has 1 atom stereocenters. The summed E-state index contributed by atoms with van der Waals surface area (Å²) in [6.07, 6.45) is 10.6. The molecule has 148 valence electrons. The summed E-state index contributed by atoms with van der Waals surface area (Å²) >= 11 is 3.59. The molecule has 2 aromatic rings. The fourth-order valence-electron chi connectivity index (χ4n) is 4.06. The highest BCUT2D eigenvalue weighted by Gasteiger charge is 2.17. The van der Waals surface area contributed by atoms with Crippen molar-refractivity contribution in [3.63, 3.8) is 0 Å². The first-order valence-corrected chi connectivity index (χ1v) is 10.8. The average molecular weight is 436 g/mol. The van der Waals surface area contributed by atoms with Crippen molar-refractivity contribution < 1.29 is 9.90 Å². The molecule has 3 rings (SSSR count). The molecular weight excluding hydrogens is 406 g/mol. The van der Waals surface area contributed by atoms with E-state index < -0.39 is 6.10 Å². The Bertz CT molecular complexity index is 766. The number of carbonyl (C=O) groups is 1. The zero-order valence-corrected chi connectivity index (χ0v) is 17.4. The van der Waals surface area contributed by atoms with E-state index in [0.717, 1.165) is 27.5 Å². The van der Waals surface area contributed by atoms with Crippen LogP contribution in [0.25, 0.3) is 10.9 Å². The number of hydrogen-bond acceptors (Lipinski definition) is 3. The Labute approximate surface area is 169 Å². The number of aliphatic hydroxyl groups is 1. The number of carbonyl (C=O) groups excluding carboxylic acids is 1. The van der Waals surface area contributed by atoms with Crippen molar-refractivity contribution in [1.82, 2.24) is 4.57 Å². The zero-order chi connectivity index (χ0) is 19.2. The van der Waals surface area contributed by atoms with Gasteiger partial charge >= 0.3 is 0 Å². The summed E-state index contributed by atoms with van der Waals surface area (Å²) in [4.78, 5) is 12.6. The van der Waals surface area contributed by atoms with Gasteiger partial charge in [-0.2, -0.15) is 0 Å². The number of amides is 1. The van der Waals surface area contributed by atoms with Crippen LogP contribution in [0.4, 0.5) is 5.69 Å². The van der Waals surface area contributed by atoms with Crippen molar-refractivity contribution in [1.29, 1.82) is 0 Å². The summed E-state index contributed by atoms with van der Waals surface area (Å²) in [6.45, 7) is 0.609. The second kappa shape index (κ2) is 9.71. The van der Waals surface area contributed by atoms with Gasteiger partial charge in [0.1, 0.15) is 0 Å². The summed E-state index contributed by atoms with van der Waals surface area (Å²) in [7, 11) is 0. The van der Waals surface area contributed by atoms with Crippen LogP contribution in [0.3, 0.4) is 0 Å². The number of nitrogens with zero attached hydrogens (tertiary/aromatic N) is 1. The molecule has 1 aromatic heterocycles. The van der Waals surface area contributed by atoms with Crippen molar-refractivity contribution in [2.45, 2.75) is 64.0 Å². The third kappa shape index (κ3) is 5.33.